The molecule has 20 heavy (non-hydrogen) atoms. The van der Waals surface area contributed by atoms with Crippen LogP contribution in [0.15, 0.2) is 28.3 Å². The largest absolute Gasteiger partial charge is 0.369 e. The highest BCUT2D eigenvalue weighted by atomic mass is 79.9. The monoisotopic (exact) mass is 353 g/mol. The van der Waals surface area contributed by atoms with Crippen molar-refractivity contribution >= 4 is 43.9 Å². The van der Waals surface area contributed by atoms with Gasteiger partial charge in [-0.2, -0.15) is 0 Å². The SMILES string of the molecule is CN1CCN(c2ccnc(Nc3ncc(Br)s3)c2)CC1. The molecule has 1 saturated heterocycles. The fourth-order valence-corrected chi connectivity index (χ4v) is 3.28. The molecule has 0 saturated carbocycles. The topological polar surface area (TPSA) is 44.3 Å². The van der Waals surface area contributed by atoms with Crippen LogP contribution >= 0.6 is 27.3 Å². The van der Waals surface area contributed by atoms with Crippen LogP contribution < -0.4 is 10.2 Å². The highest BCUT2D eigenvalue weighted by Gasteiger charge is 2.14. The number of hydrogen-bond donors (Lipinski definition) is 1. The summed E-state index contributed by atoms with van der Waals surface area (Å²) in [5.41, 5.74) is 1.21. The Kier molecular flexibility index (Phi) is 4.18. The van der Waals surface area contributed by atoms with Gasteiger partial charge in [0.1, 0.15) is 5.82 Å². The summed E-state index contributed by atoms with van der Waals surface area (Å²) in [6.07, 6.45) is 3.63. The van der Waals surface area contributed by atoms with Crippen molar-refractivity contribution in [2.75, 3.05) is 43.4 Å². The lowest BCUT2D eigenvalue weighted by Gasteiger charge is -2.34. The highest BCUT2D eigenvalue weighted by Crippen LogP contribution is 2.27. The number of halogens is 1. The molecule has 1 fully saturated rings. The highest BCUT2D eigenvalue weighted by molar-refractivity contribution is 9.11. The van der Waals surface area contributed by atoms with Gasteiger partial charge < -0.3 is 15.1 Å². The van der Waals surface area contributed by atoms with Crippen molar-refractivity contribution in [2.24, 2.45) is 0 Å². The van der Waals surface area contributed by atoms with Gasteiger partial charge in [0.05, 0.1) is 9.98 Å². The predicted molar refractivity (Wildman–Crippen MR) is 87.0 cm³/mol. The number of likely N-dealkylation sites (N-methyl/N-ethyl adjacent to an activating group) is 1. The zero-order chi connectivity index (χ0) is 13.9. The van der Waals surface area contributed by atoms with E-state index in [1.807, 2.05) is 6.20 Å². The van der Waals surface area contributed by atoms with Gasteiger partial charge in [-0.05, 0) is 29.0 Å². The summed E-state index contributed by atoms with van der Waals surface area (Å²) < 4.78 is 1.01. The number of nitrogens with zero attached hydrogens (tertiary/aromatic N) is 4. The average molecular weight is 354 g/mol. The maximum atomic E-state index is 4.36. The molecule has 2 aromatic rings. The first kappa shape index (κ1) is 13.8. The van der Waals surface area contributed by atoms with Crippen LogP contribution in [0.2, 0.25) is 0 Å². The molecular weight excluding hydrogens is 338 g/mol. The molecule has 1 N–H and O–H groups in total. The molecule has 1 aliphatic heterocycles. The molecule has 0 bridgehead atoms. The van der Waals surface area contributed by atoms with Gasteiger partial charge in [0.25, 0.3) is 0 Å². The minimum absolute atomic E-state index is 0.836. The van der Waals surface area contributed by atoms with Crippen molar-refractivity contribution in [3.8, 4) is 0 Å². The van der Waals surface area contributed by atoms with Crippen LogP contribution in [0.4, 0.5) is 16.6 Å². The second kappa shape index (κ2) is 6.07. The Morgan fingerprint density at radius 1 is 1.25 bits per heavy atom. The van der Waals surface area contributed by atoms with E-state index in [2.05, 4.69) is 60.2 Å². The number of rotatable bonds is 3. The summed E-state index contributed by atoms with van der Waals surface area (Å²) in [5.74, 6) is 0.836. The van der Waals surface area contributed by atoms with Gasteiger partial charge in [0, 0.05) is 44.1 Å². The molecule has 7 heteroatoms. The van der Waals surface area contributed by atoms with Crippen LogP contribution in [-0.2, 0) is 0 Å². The van der Waals surface area contributed by atoms with Crippen LogP contribution in [0.3, 0.4) is 0 Å². The molecule has 3 rings (SSSR count). The van der Waals surface area contributed by atoms with E-state index < -0.39 is 0 Å². The molecule has 0 spiro atoms. The first-order chi connectivity index (χ1) is 9.70. The van der Waals surface area contributed by atoms with Crippen LogP contribution in [0.5, 0.6) is 0 Å². The molecule has 1 aliphatic rings. The molecule has 0 amide bonds. The molecule has 0 radical (unpaired) electrons. The lowest BCUT2D eigenvalue weighted by Crippen LogP contribution is -2.44. The number of pyridine rings is 1. The molecule has 0 aliphatic carbocycles. The number of anilines is 3. The quantitative estimate of drug-likeness (QED) is 0.918. The Balaban J connectivity index is 1.72. The van der Waals surface area contributed by atoms with E-state index in [1.54, 1.807) is 17.5 Å². The molecule has 3 heterocycles. The normalized spacial score (nSPS) is 16.4. The minimum Gasteiger partial charge on any atom is -0.369 e. The van der Waals surface area contributed by atoms with E-state index in [9.17, 15) is 0 Å². The van der Waals surface area contributed by atoms with Gasteiger partial charge >= 0.3 is 0 Å². The number of thiazole rings is 1. The van der Waals surface area contributed by atoms with Gasteiger partial charge in [0.15, 0.2) is 5.13 Å². The summed E-state index contributed by atoms with van der Waals surface area (Å²) in [6.45, 7) is 4.32. The van der Waals surface area contributed by atoms with Crippen molar-refractivity contribution in [2.45, 2.75) is 0 Å². The predicted octanol–water partition coefficient (Wildman–Crippen LogP) is 2.80. The molecule has 5 nitrogen and oxygen atoms in total. The van der Waals surface area contributed by atoms with E-state index in [-0.39, 0.29) is 0 Å². The van der Waals surface area contributed by atoms with E-state index in [0.29, 0.717) is 0 Å². The standard InChI is InChI=1S/C13H16BrN5S/c1-18-4-6-19(7-5-18)10-2-3-15-12(8-10)17-13-16-9-11(14)20-13/h2-3,8-9H,4-7H2,1H3,(H,15,16,17). The first-order valence-electron chi connectivity index (χ1n) is 6.48. The summed E-state index contributed by atoms with van der Waals surface area (Å²) in [4.78, 5) is 13.4. The molecule has 0 atom stereocenters. The molecule has 0 aromatic carbocycles. The number of aromatic nitrogens is 2. The smallest absolute Gasteiger partial charge is 0.189 e. The maximum Gasteiger partial charge on any atom is 0.189 e. The van der Waals surface area contributed by atoms with Gasteiger partial charge in [-0.15, -0.1) is 0 Å². The fraction of sp³-hybridized carbons (Fsp3) is 0.385. The second-order valence-corrected chi connectivity index (χ2v) is 7.19. The third kappa shape index (κ3) is 3.28. The van der Waals surface area contributed by atoms with E-state index >= 15 is 0 Å². The Hall–Kier alpha value is -1.18. The van der Waals surface area contributed by atoms with Gasteiger partial charge in [-0.3, -0.25) is 0 Å². The second-order valence-electron chi connectivity index (χ2n) is 4.78. The third-order valence-electron chi connectivity index (χ3n) is 3.32. The molecule has 0 unspecified atom stereocenters. The molecule has 106 valence electrons. The summed E-state index contributed by atoms with van der Waals surface area (Å²) in [5, 5.41) is 4.09. The molecular formula is C13H16BrN5S. The maximum absolute atomic E-state index is 4.36. The van der Waals surface area contributed by atoms with Gasteiger partial charge in [0.2, 0.25) is 0 Å². The lowest BCUT2D eigenvalue weighted by molar-refractivity contribution is 0.313. The Bertz CT molecular complexity index is 580. The Morgan fingerprint density at radius 2 is 2.05 bits per heavy atom. The van der Waals surface area contributed by atoms with Crippen molar-refractivity contribution in [3.05, 3.63) is 28.3 Å². The Morgan fingerprint density at radius 3 is 2.75 bits per heavy atom. The van der Waals surface area contributed by atoms with Crippen LogP contribution in [0, 0.1) is 0 Å². The van der Waals surface area contributed by atoms with Gasteiger partial charge in [-0.1, -0.05) is 11.3 Å². The summed E-state index contributed by atoms with van der Waals surface area (Å²) >= 11 is 4.97. The first-order valence-corrected chi connectivity index (χ1v) is 8.09. The fourth-order valence-electron chi connectivity index (χ4n) is 2.17. The summed E-state index contributed by atoms with van der Waals surface area (Å²) in [7, 11) is 2.16. The number of nitrogens with one attached hydrogen (secondary N) is 1. The Labute approximate surface area is 130 Å². The van der Waals surface area contributed by atoms with Crippen LogP contribution in [0.25, 0.3) is 0 Å². The van der Waals surface area contributed by atoms with Crippen molar-refractivity contribution < 1.29 is 0 Å². The average Bonchev–Trinajstić information content (AvgIpc) is 2.85. The third-order valence-corrected chi connectivity index (χ3v) is 4.72. The summed E-state index contributed by atoms with van der Waals surface area (Å²) in [6, 6.07) is 4.15. The van der Waals surface area contributed by atoms with Crippen molar-refractivity contribution in [1.82, 2.24) is 14.9 Å². The lowest BCUT2D eigenvalue weighted by atomic mass is 10.2. The van der Waals surface area contributed by atoms with Crippen molar-refractivity contribution in [1.29, 1.82) is 0 Å². The van der Waals surface area contributed by atoms with E-state index in [1.165, 1.54) is 5.69 Å². The van der Waals surface area contributed by atoms with Crippen LogP contribution in [-0.4, -0.2) is 48.1 Å². The number of piperazine rings is 1. The van der Waals surface area contributed by atoms with Crippen molar-refractivity contribution in [3.63, 3.8) is 0 Å². The zero-order valence-electron chi connectivity index (χ0n) is 11.2. The van der Waals surface area contributed by atoms with E-state index in [0.717, 1.165) is 40.9 Å². The zero-order valence-corrected chi connectivity index (χ0v) is 13.6. The minimum atomic E-state index is 0.836. The number of hydrogen-bond acceptors (Lipinski definition) is 6. The van der Waals surface area contributed by atoms with E-state index in [4.69, 9.17) is 0 Å². The molecule has 2 aromatic heterocycles. The van der Waals surface area contributed by atoms with Gasteiger partial charge in [-0.25, -0.2) is 9.97 Å². The van der Waals surface area contributed by atoms with Crippen LogP contribution in [0.1, 0.15) is 0 Å².